The lowest BCUT2D eigenvalue weighted by molar-refractivity contribution is -0.145. The van der Waals surface area contributed by atoms with Crippen LogP contribution in [-0.4, -0.2) is 51.8 Å². The maximum Gasteiger partial charge on any atom is 0.241 e. The lowest BCUT2D eigenvalue weighted by atomic mass is 9.75. The number of aliphatic hydroxyl groups is 1. The highest BCUT2D eigenvalue weighted by Crippen LogP contribution is 2.43. The van der Waals surface area contributed by atoms with E-state index in [0.717, 1.165) is 30.6 Å². The molecule has 2 saturated heterocycles. The van der Waals surface area contributed by atoms with Gasteiger partial charge in [0, 0.05) is 36.9 Å². The molecule has 2 aromatic rings. The van der Waals surface area contributed by atoms with Crippen LogP contribution in [0.1, 0.15) is 67.9 Å². The highest BCUT2D eigenvalue weighted by molar-refractivity contribution is 7.10. The molecule has 0 spiro atoms. The van der Waals surface area contributed by atoms with E-state index in [1.54, 1.807) is 11.0 Å². The van der Waals surface area contributed by atoms with E-state index in [1.165, 1.54) is 34.4 Å². The van der Waals surface area contributed by atoms with Crippen LogP contribution < -0.4 is 0 Å². The van der Waals surface area contributed by atoms with Crippen LogP contribution in [0.25, 0.3) is 0 Å². The Kier molecular flexibility index (Phi) is 6.77. The summed E-state index contributed by atoms with van der Waals surface area (Å²) >= 11 is 1.53. The van der Waals surface area contributed by atoms with Crippen LogP contribution in [0.15, 0.2) is 41.8 Å². The van der Waals surface area contributed by atoms with Crippen LogP contribution in [0, 0.1) is 11.7 Å². The van der Waals surface area contributed by atoms with Crippen molar-refractivity contribution in [1.29, 1.82) is 0 Å². The minimum absolute atomic E-state index is 0.0717. The summed E-state index contributed by atoms with van der Waals surface area (Å²) in [6.45, 7) is 0.972. The van der Waals surface area contributed by atoms with E-state index < -0.39 is 17.3 Å². The Labute approximate surface area is 208 Å². The first-order valence-electron chi connectivity index (χ1n) is 12.5. The minimum Gasteiger partial charge on any atom is -0.387 e. The molecule has 2 aliphatic heterocycles. The summed E-state index contributed by atoms with van der Waals surface area (Å²) in [6.07, 6.45) is 4.04. The molecule has 2 atom stereocenters. The highest BCUT2D eigenvalue weighted by atomic mass is 32.1. The molecule has 0 unspecified atom stereocenters. The number of carbonyl (C=O) groups excluding carboxylic acids is 3. The van der Waals surface area contributed by atoms with Crippen LogP contribution in [0.5, 0.6) is 0 Å². The van der Waals surface area contributed by atoms with Crippen LogP contribution in [0.4, 0.5) is 4.39 Å². The quantitative estimate of drug-likeness (QED) is 0.606. The Hall–Kier alpha value is -2.58. The summed E-state index contributed by atoms with van der Waals surface area (Å²) in [5.41, 5.74) is -0.973. The van der Waals surface area contributed by atoms with E-state index in [4.69, 9.17) is 0 Å². The number of hydrogen-bond acceptors (Lipinski definition) is 5. The number of imide groups is 1. The van der Waals surface area contributed by atoms with Gasteiger partial charge in [-0.3, -0.25) is 19.3 Å². The zero-order chi connectivity index (χ0) is 24.6. The molecular formula is C27H31FN2O4S. The van der Waals surface area contributed by atoms with E-state index in [2.05, 4.69) is 0 Å². The van der Waals surface area contributed by atoms with Gasteiger partial charge in [-0.2, -0.15) is 0 Å². The largest absolute Gasteiger partial charge is 0.387 e. The van der Waals surface area contributed by atoms with E-state index in [9.17, 15) is 23.9 Å². The first-order chi connectivity index (χ1) is 16.9. The van der Waals surface area contributed by atoms with Crippen molar-refractivity contribution in [1.82, 2.24) is 9.80 Å². The van der Waals surface area contributed by atoms with Crippen LogP contribution in [0.3, 0.4) is 0 Å². The molecule has 3 heterocycles. The van der Waals surface area contributed by atoms with E-state index in [1.807, 2.05) is 17.5 Å². The van der Waals surface area contributed by atoms with Crippen molar-refractivity contribution in [2.45, 2.75) is 68.9 Å². The maximum atomic E-state index is 14.2. The average Bonchev–Trinajstić information content (AvgIpc) is 3.61. The molecule has 8 heteroatoms. The van der Waals surface area contributed by atoms with Gasteiger partial charge in [0.05, 0.1) is 11.5 Å². The van der Waals surface area contributed by atoms with Gasteiger partial charge in [-0.15, -0.1) is 11.3 Å². The van der Waals surface area contributed by atoms with Gasteiger partial charge in [0.15, 0.2) is 0 Å². The molecule has 1 aliphatic carbocycles. The normalized spacial score (nSPS) is 25.0. The molecule has 186 valence electrons. The van der Waals surface area contributed by atoms with Crippen LogP contribution >= 0.6 is 11.3 Å². The SMILES string of the molecule is O=C(C[C@@]1(c2cccc(F)c2)CC(=O)N(C2CCCC2)C1=O)N1CCC([C@@H](O)c2cccs2)CC1. The van der Waals surface area contributed by atoms with Crippen molar-refractivity contribution in [3.05, 3.63) is 58.0 Å². The van der Waals surface area contributed by atoms with E-state index in [-0.39, 0.29) is 42.5 Å². The van der Waals surface area contributed by atoms with Gasteiger partial charge >= 0.3 is 0 Å². The molecule has 1 aromatic heterocycles. The van der Waals surface area contributed by atoms with Crippen molar-refractivity contribution in [3.8, 4) is 0 Å². The zero-order valence-electron chi connectivity index (χ0n) is 19.7. The number of carbonyl (C=O) groups is 3. The Morgan fingerprint density at radius 2 is 1.86 bits per heavy atom. The van der Waals surface area contributed by atoms with Crippen molar-refractivity contribution in [2.75, 3.05) is 13.1 Å². The standard InChI is InChI=1S/C27H31FN2O4S/c28-20-6-3-5-19(15-20)27(17-24(32)30(26(27)34)21-7-1-2-8-21)16-23(31)29-12-10-18(11-13-29)25(33)22-9-4-14-35-22/h3-6,9,14-15,18,21,25,33H,1-2,7-8,10-13,16-17H2/t25-,27+/m1/s1. The Morgan fingerprint density at radius 3 is 2.51 bits per heavy atom. The lowest BCUT2D eigenvalue weighted by Gasteiger charge is -2.36. The monoisotopic (exact) mass is 498 g/mol. The Morgan fingerprint density at radius 1 is 1.11 bits per heavy atom. The smallest absolute Gasteiger partial charge is 0.241 e. The molecule has 3 aliphatic rings. The number of thiophene rings is 1. The number of piperidine rings is 1. The topological polar surface area (TPSA) is 77.9 Å². The number of amides is 3. The molecule has 1 N–H and O–H groups in total. The molecule has 35 heavy (non-hydrogen) atoms. The third-order valence-corrected chi connectivity index (χ3v) is 8.99. The summed E-state index contributed by atoms with van der Waals surface area (Å²) in [4.78, 5) is 44.4. The fourth-order valence-corrected chi connectivity index (χ4v) is 6.88. The molecule has 3 fully saturated rings. The van der Waals surface area contributed by atoms with Gasteiger partial charge in [0.1, 0.15) is 5.82 Å². The number of halogens is 1. The Balaban J connectivity index is 1.34. The van der Waals surface area contributed by atoms with Gasteiger partial charge in [-0.05, 0) is 60.7 Å². The predicted molar refractivity (Wildman–Crippen MR) is 130 cm³/mol. The number of aliphatic hydroxyl groups excluding tert-OH is 1. The average molecular weight is 499 g/mol. The lowest BCUT2D eigenvalue weighted by Crippen LogP contribution is -2.47. The van der Waals surface area contributed by atoms with Crippen molar-refractivity contribution >= 4 is 29.1 Å². The van der Waals surface area contributed by atoms with E-state index in [0.29, 0.717) is 31.5 Å². The first-order valence-corrected chi connectivity index (χ1v) is 13.4. The second-order valence-electron chi connectivity index (χ2n) is 10.1. The minimum atomic E-state index is -1.37. The Bertz CT molecular complexity index is 1090. The van der Waals surface area contributed by atoms with Crippen molar-refractivity contribution in [2.24, 2.45) is 5.92 Å². The third kappa shape index (κ3) is 4.54. The number of nitrogens with zero attached hydrogens (tertiary/aromatic N) is 2. The number of likely N-dealkylation sites (tertiary alicyclic amines) is 2. The number of hydrogen-bond donors (Lipinski definition) is 1. The fraction of sp³-hybridized carbons (Fsp3) is 0.519. The molecule has 5 rings (SSSR count). The molecule has 0 radical (unpaired) electrons. The molecular weight excluding hydrogens is 467 g/mol. The van der Waals surface area contributed by atoms with E-state index >= 15 is 0 Å². The van der Waals surface area contributed by atoms with Gasteiger partial charge in [0.2, 0.25) is 17.7 Å². The summed E-state index contributed by atoms with van der Waals surface area (Å²) in [7, 11) is 0. The highest BCUT2D eigenvalue weighted by Gasteiger charge is 2.56. The molecule has 1 saturated carbocycles. The summed E-state index contributed by atoms with van der Waals surface area (Å²) in [5, 5.41) is 12.6. The zero-order valence-corrected chi connectivity index (χ0v) is 20.5. The fourth-order valence-electron chi connectivity index (χ4n) is 6.07. The second-order valence-corrected chi connectivity index (χ2v) is 11.1. The van der Waals surface area contributed by atoms with Gasteiger partial charge in [-0.25, -0.2) is 4.39 Å². The molecule has 3 amide bonds. The predicted octanol–water partition coefficient (Wildman–Crippen LogP) is 4.19. The summed E-state index contributed by atoms with van der Waals surface area (Å²) in [5.74, 6) is -1.25. The number of rotatable bonds is 6. The van der Waals surface area contributed by atoms with Gasteiger partial charge in [0.25, 0.3) is 0 Å². The van der Waals surface area contributed by atoms with Crippen LogP contribution in [-0.2, 0) is 19.8 Å². The summed E-state index contributed by atoms with van der Waals surface area (Å²) < 4.78 is 14.2. The van der Waals surface area contributed by atoms with Crippen molar-refractivity contribution < 1.29 is 23.9 Å². The molecule has 6 nitrogen and oxygen atoms in total. The molecule has 1 aromatic carbocycles. The maximum absolute atomic E-state index is 14.2. The van der Waals surface area contributed by atoms with Crippen molar-refractivity contribution in [3.63, 3.8) is 0 Å². The third-order valence-electron chi connectivity index (χ3n) is 8.04. The number of benzene rings is 1. The van der Waals surface area contributed by atoms with Crippen LogP contribution in [0.2, 0.25) is 0 Å². The van der Waals surface area contributed by atoms with Gasteiger partial charge in [-0.1, -0.05) is 31.0 Å². The summed E-state index contributed by atoms with van der Waals surface area (Å²) in [6, 6.07) is 9.50. The first kappa shape index (κ1) is 24.1. The second kappa shape index (κ2) is 9.82. The molecule has 0 bridgehead atoms. The van der Waals surface area contributed by atoms with Gasteiger partial charge < -0.3 is 10.0 Å².